The van der Waals surface area contributed by atoms with Crippen LogP contribution in [-0.4, -0.2) is 24.9 Å². The molecule has 0 fully saturated rings. The van der Waals surface area contributed by atoms with Gasteiger partial charge in [0.25, 0.3) is 0 Å². The van der Waals surface area contributed by atoms with Crippen LogP contribution in [0.5, 0.6) is 11.5 Å². The maximum Gasteiger partial charge on any atom is 0.171 e. The van der Waals surface area contributed by atoms with Gasteiger partial charge in [0.05, 0.1) is 13.2 Å². The van der Waals surface area contributed by atoms with E-state index in [2.05, 4.69) is 10.6 Å². The third-order valence-corrected chi connectivity index (χ3v) is 3.17. The lowest BCUT2D eigenvalue weighted by atomic mass is 10.3. The van der Waals surface area contributed by atoms with Crippen molar-refractivity contribution in [2.75, 3.05) is 19.0 Å². The topological polar surface area (TPSA) is 42.5 Å². The maximum absolute atomic E-state index is 5.69. The standard InChI is InChI=1S/C17H20N2O2S/c1-13(12-21-15-8-4-3-5-9-15)18-17(22)19-14-7-6-10-16(11-14)20-2/h3-11,13H,12H2,1-2H3,(H2,18,19,22). The van der Waals surface area contributed by atoms with Crippen LogP contribution >= 0.6 is 12.2 Å². The predicted molar refractivity (Wildman–Crippen MR) is 93.7 cm³/mol. The van der Waals surface area contributed by atoms with Crippen molar-refractivity contribution >= 4 is 23.0 Å². The number of hydrogen-bond donors (Lipinski definition) is 2. The normalized spacial score (nSPS) is 11.4. The van der Waals surface area contributed by atoms with E-state index in [1.165, 1.54) is 0 Å². The first-order valence-corrected chi connectivity index (χ1v) is 7.47. The van der Waals surface area contributed by atoms with Gasteiger partial charge in [-0.25, -0.2) is 0 Å². The Morgan fingerprint density at radius 1 is 1.09 bits per heavy atom. The fraction of sp³-hybridized carbons (Fsp3) is 0.235. The zero-order valence-corrected chi connectivity index (χ0v) is 13.5. The number of anilines is 1. The van der Waals surface area contributed by atoms with E-state index in [9.17, 15) is 0 Å². The van der Waals surface area contributed by atoms with Crippen LogP contribution in [0.25, 0.3) is 0 Å². The van der Waals surface area contributed by atoms with E-state index in [1.807, 2.05) is 61.5 Å². The molecule has 0 aliphatic heterocycles. The monoisotopic (exact) mass is 316 g/mol. The zero-order valence-electron chi connectivity index (χ0n) is 12.7. The fourth-order valence-electron chi connectivity index (χ4n) is 1.87. The molecule has 2 aromatic carbocycles. The number of benzene rings is 2. The fourth-order valence-corrected chi connectivity index (χ4v) is 2.19. The predicted octanol–water partition coefficient (Wildman–Crippen LogP) is 3.45. The summed E-state index contributed by atoms with van der Waals surface area (Å²) in [6, 6.07) is 17.4. The highest BCUT2D eigenvalue weighted by Gasteiger charge is 2.06. The van der Waals surface area contributed by atoms with Crippen LogP contribution in [0, 0.1) is 0 Å². The van der Waals surface area contributed by atoms with E-state index >= 15 is 0 Å². The van der Waals surface area contributed by atoms with E-state index in [0.29, 0.717) is 11.7 Å². The summed E-state index contributed by atoms with van der Waals surface area (Å²) < 4.78 is 10.9. The van der Waals surface area contributed by atoms with Crippen molar-refractivity contribution < 1.29 is 9.47 Å². The Balaban J connectivity index is 1.78. The Kier molecular flexibility index (Phi) is 6.03. The molecule has 0 aliphatic carbocycles. The van der Waals surface area contributed by atoms with Crippen LogP contribution in [0.1, 0.15) is 6.92 Å². The molecule has 0 aliphatic rings. The van der Waals surface area contributed by atoms with Crippen LogP contribution in [0.4, 0.5) is 5.69 Å². The average Bonchev–Trinajstić information content (AvgIpc) is 2.54. The van der Waals surface area contributed by atoms with Crippen molar-refractivity contribution in [3.05, 3.63) is 54.6 Å². The Hall–Kier alpha value is -2.27. The van der Waals surface area contributed by atoms with Gasteiger partial charge in [0, 0.05) is 11.8 Å². The molecule has 5 heteroatoms. The van der Waals surface area contributed by atoms with E-state index in [0.717, 1.165) is 17.2 Å². The number of thiocarbonyl (C=S) groups is 1. The highest BCUT2D eigenvalue weighted by molar-refractivity contribution is 7.80. The molecule has 1 atom stereocenters. The summed E-state index contributed by atoms with van der Waals surface area (Å²) in [4.78, 5) is 0. The van der Waals surface area contributed by atoms with Gasteiger partial charge in [0.15, 0.2) is 5.11 Å². The summed E-state index contributed by atoms with van der Waals surface area (Å²) in [6.07, 6.45) is 0. The quantitative estimate of drug-likeness (QED) is 0.799. The van der Waals surface area contributed by atoms with E-state index < -0.39 is 0 Å². The van der Waals surface area contributed by atoms with Crippen molar-refractivity contribution in [2.45, 2.75) is 13.0 Å². The van der Waals surface area contributed by atoms with Crippen LogP contribution < -0.4 is 20.1 Å². The molecule has 2 rings (SSSR count). The molecule has 116 valence electrons. The first-order chi connectivity index (χ1) is 10.7. The second kappa shape index (κ2) is 8.24. The number of ether oxygens (including phenoxy) is 2. The summed E-state index contributed by atoms with van der Waals surface area (Å²) in [5.74, 6) is 1.64. The lowest BCUT2D eigenvalue weighted by Gasteiger charge is -2.18. The van der Waals surface area contributed by atoms with Gasteiger partial charge in [-0.2, -0.15) is 0 Å². The number of nitrogens with one attached hydrogen (secondary N) is 2. The maximum atomic E-state index is 5.69. The molecule has 22 heavy (non-hydrogen) atoms. The van der Waals surface area contributed by atoms with Crippen LogP contribution in [0.3, 0.4) is 0 Å². The van der Waals surface area contributed by atoms with Crippen molar-refractivity contribution in [1.82, 2.24) is 5.32 Å². The number of para-hydroxylation sites is 1. The molecule has 0 aromatic heterocycles. The molecule has 0 amide bonds. The van der Waals surface area contributed by atoms with Crippen LogP contribution in [-0.2, 0) is 0 Å². The average molecular weight is 316 g/mol. The second-order valence-corrected chi connectivity index (χ2v) is 5.26. The minimum Gasteiger partial charge on any atom is -0.497 e. The summed E-state index contributed by atoms with van der Waals surface area (Å²) in [5, 5.41) is 6.87. The molecule has 2 N–H and O–H groups in total. The third-order valence-electron chi connectivity index (χ3n) is 2.95. The molecule has 0 bridgehead atoms. The minimum atomic E-state index is 0.0887. The van der Waals surface area contributed by atoms with Gasteiger partial charge in [0.2, 0.25) is 0 Å². The van der Waals surface area contributed by atoms with Gasteiger partial charge < -0.3 is 20.1 Å². The van der Waals surface area contributed by atoms with Crippen LogP contribution in [0.2, 0.25) is 0 Å². The number of hydrogen-bond acceptors (Lipinski definition) is 3. The number of rotatable bonds is 6. The minimum absolute atomic E-state index is 0.0887. The number of methoxy groups -OCH3 is 1. The molecule has 0 spiro atoms. The van der Waals surface area contributed by atoms with Gasteiger partial charge in [-0.15, -0.1) is 0 Å². The van der Waals surface area contributed by atoms with Crippen molar-refractivity contribution in [2.24, 2.45) is 0 Å². The van der Waals surface area contributed by atoms with Crippen molar-refractivity contribution in [3.8, 4) is 11.5 Å². The van der Waals surface area contributed by atoms with Gasteiger partial charge in [0.1, 0.15) is 18.1 Å². The second-order valence-electron chi connectivity index (χ2n) is 4.86. The SMILES string of the molecule is COc1cccc(NC(=S)NC(C)COc2ccccc2)c1. The van der Waals surface area contributed by atoms with Crippen molar-refractivity contribution in [1.29, 1.82) is 0 Å². The smallest absolute Gasteiger partial charge is 0.171 e. The van der Waals surface area contributed by atoms with Gasteiger partial charge in [-0.1, -0.05) is 24.3 Å². The Bertz CT molecular complexity index is 605. The van der Waals surface area contributed by atoms with Gasteiger partial charge >= 0.3 is 0 Å². The Morgan fingerprint density at radius 3 is 2.55 bits per heavy atom. The highest BCUT2D eigenvalue weighted by Crippen LogP contribution is 2.16. The molecule has 0 heterocycles. The highest BCUT2D eigenvalue weighted by atomic mass is 32.1. The third kappa shape index (κ3) is 5.26. The van der Waals surface area contributed by atoms with E-state index in [1.54, 1.807) is 7.11 Å². The summed E-state index contributed by atoms with van der Waals surface area (Å²) in [5.41, 5.74) is 0.882. The lowest BCUT2D eigenvalue weighted by molar-refractivity contribution is 0.287. The molecule has 4 nitrogen and oxygen atoms in total. The first kappa shape index (κ1) is 16.1. The molecule has 0 radical (unpaired) electrons. The first-order valence-electron chi connectivity index (χ1n) is 7.07. The largest absolute Gasteiger partial charge is 0.497 e. The molecule has 0 saturated heterocycles. The Labute approximate surface area is 136 Å². The molecule has 1 unspecified atom stereocenters. The van der Waals surface area contributed by atoms with Gasteiger partial charge in [-0.05, 0) is 43.4 Å². The van der Waals surface area contributed by atoms with E-state index in [4.69, 9.17) is 21.7 Å². The zero-order chi connectivity index (χ0) is 15.8. The van der Waals surface area contributed by atoms with Crippen LogP contribution in [0.15, 0.2) is 54.6 Å². The summed E-state index contributed by atoms with van der Waals surface area (Å²) >= 11 is 5.30. The van der Waals surface area contributed by atoms with Crippen molar-refractivity contribution in [3.63, 3.8) is 0 Å². The van der Waals surface area contributed by atoms with Gasteiger partial charge in [-0.3, -0.25) is 0 Å². The lowest BCUT2D eigenvalue weighted by Crippen LogP contribution is -2.39. The molecule has 2 aromatic rings. The molecular formula is C17H20N2O2S. The summed E-state index contributed by atoms with van der Waals surface area (Å²) in [6.45, 7) is 2.55. The molecular weight excluding hydrogens is 296 g/mol. The Morgan fingerprint density at radius 2 is 1.82 bits per heavy atom. The molecule has 0 saturated carbocycles. The van der Waals surface area contributed by atoms with E-state index in [-0.39, 0.29) is 6.04 Å². The summed E-state index contributed by atoms with van der Waals surface area (Å²) in [7, 11) is 1.64.